The highest BCUT2D eigenvalue weighted by atomic mass is 16.6. The van der Waals surface area contributed by atoms with Gasteiger partial charge in [-0.25, -0.2) is 4.98 Å². The van der Waals surface area contributed by atoms with Crippen molar-refractivity contribution in [3.63, 3.8) is 0 Å². The fraction of sp³-hybridized carbons (Fsp3) is 0.636. The Hall–Kier alpha value is -1.36. The molecule has 0 atom stereocenters. The highest BCUT2D eigenvalue weighted by molar-refractivity contribution is 5.69. The van der Waals surface area contributed by atoms with Gasteiger partial charge in [0.25, 0.3) is 0 Å². The van der Waals surface area contributed by atoms with Crippen molar-refractivity contribution in [2.24, 2.45) is 0 Å². The quantitative estimate of drug-likeness (QED) is 0.782. The number of esters is 1. The van der Waals surface area contributed by atoms with Gasteiger partial charge in [0.1, 0.15) is 12.1 Å². The number of ether oxygens (including phenoxy) is 1. The van der Waals surface area contributed by atoms with E-state index in [-0.39, 0.29) is 19.1 Å². The number of imidazole rings is 1. The molecule has 0 saturated carbocycles. The van der Waals surface area contributed by atoms with Crippen molar-refractivity contribution < 1.29 is 14.6 Å². The molecule has 1 aromatic heterocycles. The summed E-state index contributed by atoms with van der Waals surface area (Å²) < 4.78 is 6.86. The monoisotopic (exact) mass is 226 g/mol. The Bertz CT molecular complexity index is 377. The fourth-order valence-electron chi connectivity index (χ4n) is 1.31. The number of carbonyl (C=O) groups is 1. The van der Waals surface area contributed by atoms with Crippen LogP contribution in [0.15, 0.2) is 6.33 Å². The van der Waals surface area contributed by atoms with E-state index in [2.05, 4.69) is 4.98 Å². The number of aromatic nitrogens is 2. The zero-order valence-electron chi connectivity index (χ0n) is 10.1. The minimum absolute atomic E-state index is 0.118. The van der Waals surface area contributed by atoms with Crippen molar-refractivity contribution in [2.45, 2.75) is 46.4 Å². The molecule has 90 valence electrons. The molecule has 16 heavy (non-hydrogen) atoms. The SMILES string of the molecule is Cc1c(CO)ncn1CC(=O)OC(C)(C)C. The lowest BCUT2D eigenvalue weighted by atomic mass is 10.2. The second-order valence-electron chi connectivity index (χ2n) is 4.65. The number of aliphatic hydroxyl groups excluding tert-OH is 1. The predicted molar refractivity (Wildman–Crippen MR) is 58.7 cm³/mol. The van der Waals surface area contributed by atoms with Gasteiger partial charge in [-0.2, -0.15) is 0 Å². The van der Waals surface area contributed by atoms with Crippen molar-refractivity contribution in [3.8, 4) is 0 Å². The van der Waals surface area contributed by atoms with E-state index in [9.17, 15) is 4.79 Å². The van der Waals surface area contributed by atoms with Crippen molar-refractivity contribution in [1.82, 2.24) is 9.55 Å². The topological polar surface area (TPSA) is 64.4 Å². The average molecular weight is 226 g/mol. The van der Waals surface area contributed by atoms with Gasteiger partial charge in [0.15, 0.2) is 0 Å². The predicted octanol–water partition coefficient (Wildman–Crippen LogP) is 1.03. The standard InChI is InChI=1S/C11H18N2O3/c1-8-9(6-14)12-7-13(8)5-10(15)16-11(2,3)4/h7,14H,5-6H2,1-4H3. The molecule has 0 aliphatic carbocycles. The van der Waals surface area contributed by atoms with E-state index in [1.165, 1.54) is 6.33 Å². The van der Waals surface area contributed by atoms with Crippen LogP contribution in [-0.2, 0) is 22.7 Å². The molecule has 0 aliphatic heterocycles. The maximum Gasteiger partial charge on any atom is 0.326 e. The van der Waals surface area contributed by atoms with E-state index in [4.69, 9.17) is 9.84 Å². The van der Waals surface area contributed by atoms with Gasteiger partial charge in [-0.05, 0) is 27.7 Å². The van der Waals surface area contributed by atoms with E-state index < -0.39 is 5.60 Å². The molecule has 0 spiro atoms. The van der Waals surface area contributed by atoms with Gasteiger partial charge in [0, 0.05) is 5.69 Å². The van der Waals surface area contributed by atoms with Crippen LogP contribution in [0.4, 0.5) is 0 Å². The molecule has 5 nitrogen and oxygen atoms in total. The van der Waals surface area contributed by atoms with Gasteiger partial charge in [0.2, 0.25) is 0 Å². The Labute approximate surface area is 95.1 Å². The zero-order chi connectivity index (χ0) is 12.3. The zero-order valence-corrected chi connectivity index (χ0v) is 10.1. The summed E-state index contributed by atoms with van der Waals surface area (Å²) >= 11 is 0. The second kappa shape index (κ2) is 4.65. The van der Waals surface area contributed by atoms with Crippen LogP contribution in [0.3, 0.4) is 0 Å². The number of rotatable bonds is 3. The van der Waals surface area contributed by atoms with Crippen LogP contribution in [0.2, 0.25) is 0 Å². The molecule has 0 fully saturated rings. The molecule has 0 aromatic carbocycles. The molecule has 0 unspecified atom stereocenters. The molecule has 0 aliphatic rings. The summed E-state index contributed by atoms with van der Waals surface area (Å²) in [5.74, 6) is -0.308. The molecule has 1 aromatic rings. The van der Waals surface area contributed by atoms with Crippen LogP contribution >= 0.6 is 0 Å². The molecule has 0 amide bonds. The minimum Gasteiger partial charge on any atom is -0.459 e. The normalized spacial score (nSPS) is 11.6. The van der Waals surface area contributed by atoms with Gasteiger partial charge in [-0.15, -0.1) is 0 Å². The Kier molecular flexibility index (Phi) is 3.70. The van der Waals surface area contributed by atoms with Crippen molar-refractivity contribution >= 4 is 5.97 Å². The number of carbonyl (C=O) groups excluding carboxylic acids is 1. The van der Waals surface area contributed by atoms with Gasteiger partial charge >= 0.3 is 5.97 Å². The maximum atomic E-state index is 11.5. The third-order valence-electron chi connectivity index (χ3n) is 2.07. The van der Waals surface area contributed by atoms with E-state index in [0.717, 1.165) is 5.69 Å². The Morgan fingerprint density at radius 2 is 2.19 bits per heavy atom. The van der Waals surface area contributed by atoms with Crippen LogP contribution in [-0.4, -0.2) is 26.2 Å². The third-order valence-corrected chi connectivity index (χ3v) is 2.07. The van der Waals surface area contributed by atoms with Crippen molar-refractivity contribution in [3.05, 3.63) is 17.7 Å². The van der Waals surface area contributed by atoms with Gasteiger partial charge < -0.3 is 14.4 Å². The summed E-state index contributed by atoms with van der Waals surface area (Å²) in [4.78, 5) is 15.5. The highest BCUT2D eigenvalue weighted by Gasteiger charge is 2.17. The van der Waals surface area contributed by atoms with Crippen LogP contribution in [0.5, 0.6) is 0 Å². The average Bonchev–Trinajstić information content (AvgIpc) is 2.44. The van der Waals surface area contributed by atoms with Crippen LogP contribution in [0.1, 0.15) is 32.2 Å². The number of hydrogen-bond donors (Lipinski definition) is 1. The number of aliphatic hydroxyl groups is 1. The minimum atomic E-state index is -0.481. The lowest BCUT2D eigenvalue weighted by molar-refractivity contribution is -0.155. The van der Waals surface area contributed by atoms with Crippen LogP contribution < -0.4 is 0 Å². The molecule has 0 radical (unpaired) electrons. The number of nitrogens with zero attached hydrogens (tertiary/aromatic N) is 2. The number of hydrogen-bond acceptors (Lipinski definition) is 4. The van der Waals surface area contributed by atoms with Crippen LogP contribution in [0, 0.1) is 6.92 Å². The van der Waals surface area contributed by atoms with Gasteiger partial charge in [-0.1, -0.05) is 0 Å². The summed E-state index contributed by atoms with van der Waals surface area (Å²) in [5.41, 5.74) is 0.891. The van der Waals surface area contributed by atoms with Gasteiger partial charge in [-0.3, -0.25) is 4.79 Å². The second-order valence-corrected chi connectivity index (χ2v) is 4.65. The summed E-state index contributed by atoms with van der Waals surface area (Å²) in [5, 5.41) is 8.96. The van der Waals surface area contributed by atoms with E-state index >= 15 is 0 Å². The largest absolute Gasteiger partial charge is 0.459 e. The lowest BCUT2D eigenvalue weighted by Gasteiger charge is -2.19. The first kappa shape index (κ1) is 12.7. The molecule has 5 heteroatoms. The Morgan fingerprint density at radius 1 is 1.56 bits per heavy atom. The van der Waals surface area contributed by atoms with E-state index in [0.29, 0.717) is 5.69 Å². The molecule has 1 rings (SSSR count). The first-order valence-electron chi connectivity index (χ1n) is 5.17. The summed E-state index contributed by atoms with van der Waals surface area (Å²) in [6.07, 6.45) is 1.53. The lowest BCUT2D eigenvalue weighted by Crippen LogP contribution is -2.26. The Morgan fingerprint density at radius 3 is 2.62 bits per heavy atom. The summed E-state index contributed by atoms with van der Waals surface area (Å²) in [6.45, 7) is 7.28. The molecule has 1 heterocycles. The van der Waals surface area contributed by atoms with Crippen molar-refractivity contribution in [2.75, 3.05) is 0 Å². The summed E-state index contributed by atoms with van der Waals surface area (Å²) in [7, 11) is 0. The maximum absolute atomic E-state index is 11.5. The first-order valence-corrected chi connectivity index (χ1v) is 5.17. The smallest absolute Gasteiger partial charge is 0.326 e. The molecular formula is C11H18N2O3. The van der Waals surface area contributed by atoms with E-state index in [1.807, 2.05) is 27.7 Å². The Balaban J connectivity index is 2.67. The fourth-order valence-corrected chi connectivity index (χ4v) is 1.31. The molecule has 1 N–H and O–H groups in total. The highest BCUT2D eigenvalue weighted by Crippen LogP contribution is 2.10. The molecular weight excluding hydrogens is 208 g/mol. The molecule has 0 saturated heterocycles. The third kappa shape index (κ3) is 3.34. The summed E-state index contributed by atoms with van der Waals surface area (Å²) in [6, 6.07) is 0. The first-order chi connectivity index (χ1) is 7.33. The van der Waals surface area contributed by atoms with E-state index in [1.54, 1.807) is 4.57 Å². The molecule has 0 bridgehead atoms. The van der Waals surface area contributed by atoms with Crippen LogP contribution in [0.25, 0.3) is 0 Å². The van der Waals surface area contributed by atoms with Crippen molar-refractivity contribution in [1.29, 1.82) is 0 Å². The van der Waals surface area contributed by atoms with Gasteiger partial charge in [0.05, 0.1) is 18.6 Å².